The predicted octanol–water partition coefficient (Wildman–Crippen LogP) is 0.510. The summed E-state index contributed by atoms with van der Waals surface area (Å²) in [4.78, 5) is 24.5. The van der Waals surface area contributed by atoms with Crippen LogP contribution in [0, 0.1) is 5.92 Å². The van der Waals surface area contributed by atoms with E-state index in [-0.39, 0.29) is 29.9 Å². The quantitative estimate of drug-likeness (QED) is 0.730. The van der Waals surface area contributed by atoms with Crippen molar-refractivity contribution in [3.05, 3.63) is 30.3 Å². The zero-order valence-electron chi connectivity index (χ0n) is 14.4. The van der Waals surface area contributed by atoms with Gasteiger partial charge in [0.1, 0.15) is 11.8 Å². The molecule has 2 atom stereocenters. The number of amides is 2. The van der Waals surface area contributed by atoms with Crippen molar-refractivity contribution in [3.8, 4) is 5.75 Å². The number of sulfone groups is 1. The number of hydrogen-bond acceptors (Lipinski definition) is 5. The molecular weight excluding hydrogens is 344 g/mol. The highest BCUT2D eigenvalue weighted by atomic mass is 32.2. The van der Waals surface area contributed by atoms with Crippen LogP contribution in [-0.2, 0) is 19.4 Å². The van der Waals surface area contributed by atoms with E-state index in [1.807, 2.05) is 19.9 Å². The monoisotopic (exact) mass is 368 g/mol. The fourth-order valence-corrected chi connectivity index (χ4v) is 4.29. The van der Waals surface area contributed by atoms with E-state index >= 15 is 0 Å². The molecule has 0 radical (unpaired) electrons. The number of nitrogens with one attached hydrogen (secondary N) is 2. The topological polar surface area (TPSA) is 102 Å². The van der Waals surface area contributed by atoms with Crippen molar-refractivity contribution in [2.45, 2.75) is 32.4 Å². The molecule has 8 heteroatoms. The van der Waals surface area contributed by atoms with Gasteiger partial charge in [0.2, 0.25) is 5.91 Å². The Morgan fingerprint density at radius 3 is 2.48 bits per heavy atom. The van der Waals surface area contributed by atoms with E-state index in [0.29, 0.717) is 12.2 Å². The van der Waals surface area contributed by atoms with Crippen LogP contribution in [0.25, 0.3) is 0 Å². The van der Waals surface area contributed by atoms with Crippen LogP contribution in [0.15, 0.2) is 30.3 Å². The molecular formula is C17H24N2O5S. The number of ether oxygens (including phenoxy) is 1. The van der Waals surface area contributed by atoms with E-state index in [2.05, 4.69) is 10.6 Å². The Kier molecular flexibility index (Phi) is 6.41. The van der Waals surface area contributed by atoms with Gasteiger partial charge in [0.25, 0.3) is 5.91 Å². The van der Waals surface area contributed by atoms with E-state index in [1.165, 1.54) is 0 Å². The fourth-order valence-electron chi connectivity index (χ4n) is 2.62. The first-order valence-corrected chi connectivity index (χ1v) is 10.1. The maximum absolute atomic E-state index is 12.4. The molecule has 2 unspecified atom stereocenters. The van der Waals surface area contributed by atoms with Crippen molar-refractivity contribution < 1.29 is 22.7 Å². The van der Waals surface area contributed by atoms with Crippen LogP contribution in [0.4, 0.5) is 0 Å². The third-order valence-corrected chi connectivity index (χ3v) is 5.73. The molecule has 0 bridgehead atoms. The van der Waals surface area contributed by atoms with Crippen LogP contribution in [-0.4, -0.2) is 50.4 Å². The second kappa shape index (κ2) is 8.33. The van der Waals surface area contributed by atoms with Gasteiger partial charge in [-0.2, -0.15) is 0 Å². The molecule has 1 saturated heterocycles. The van der Waals surface area contributed by atoms with Gasteiger partial charge in [0.05, 0.1) is 11.5 Å². The summed E-state index contributed by atoms with van der Waals surface area (Å²) < 4.78 is 28.3. The highest BCUT2D eigenvalue weighted by Crippen LogP contribution is 2.12. The Balaban J connectivity index is 1.86. The number of hydrogen-bond donors (Lipinski definition) is 2. The molecule has 2 rings (SSSR count). The molecule has 0 aromatic heterocycles. The van der Waals surface area contributed by atoms with E-state index in [4.69, 9.17) is 4.74 Å². The number of rotatable bonds is 7. The van der Waals surface area contributed by atoms with Crippen molar-refractivity contribution in [3.63, 3.8) is 0 Å². The van der Waals surface area contributed by atoms with Crippen molar-refractivity contribution in [1.82, 2.24) is 10.6 Å². The van der Waals surface area contributed by atoms with Crippen LogP contribution >= 0.6 is 0 Å². The summed E-state index contributed by atoms with van der Waals surface area (Å²) >= 11 is 0. The second-order valence-corrected chi connectivity index (χ2v) is 8.73. The van der Waals surface area contributed by atoms with Crippen LogP contribution in [0.2, 0.25) is 0 Å². The summed E-state index contributed by atoms with van der Waals surface area (Å²) in [6, 6.07) is 7.78. The Morgan fingerprint density at radius 2 is 1.92 bits per heavy atom. The molecule has 7 nitrogen and oxygen atoms in total. The molecule has 1 aliphatic heterocycles. The van der Waals surface area contributed by atoms with Crippen molar-refractivity contribution >= 4 is 21.7 Å². The third kappa shape index (κ3) is 6.04. The van der Waals surface area contributed by atoms with Crippen LogP contribution in [0.3, 0.4) is 0 Å². The summed E-state index contributed by atoms with van der Waals surface area (Å²) in [6.07, 6.45) is 0.407. The molecule has 25 heavy (non-hydrogen) atoms. The Morgan fingerprint density at radius 1 is 1.24 bits per heavy atom. The molecule has 0 aliphatic carbocycles. The molecule has 1 heterocycles. The lowest BCUT2D eigenvalue weighted by Crippen LogP contribution is -2.53. The first-order chi connectivity index (χ1) is 11.8. The lowest BCUT2D eigenvalue weighted by atomic mass is 10.0. The molecule has 2 amide bonds. The largest absolute Gasteiger partial charge is 0.484 e. The van der Waals surface area contributed by atoms with E-state index in [9.17, 15) is 18.0 Å². The average molecular weight is 368 g/mol. The molecule has 1 fully saturated rings. The van der Waals surface area contributed by atoms with Crippen LogP contribution in [0.1, 0.15) is 20.3 Å². The van der Waals surface area contributed by atoms with Crippen molar-refractivity contribution in [1.29, 1.82) is 0 Å². The lowest BCUT2D eigenvalue weighted by molar-refractivity contribution is -0.131. The van der Waals surface area contributed by atoms with E-state index in [1.54, 1.807) is 24.3 Å². The Hall–Kier alpha value is -2.09. The second-order valence-electron chi connectivity index (χ2n) is 6.50. The number of benzene rings is 1. The molecule has 1 aliphatic rings. The van der Waals surface area contributed by atoms with E-state index < -0.39 is 27.8 Å². The van der Waals surface area contributed by atoms with Gasteiger partial charge in [-0.1, -0.05) is 32.0 Å². The molecule has 2 N–H and O–H groups in total. The first kappa shape index (κ1) is 19.2. The molecule has 0 saturated carbocycles. The zero-order chi connectivity index (χ0) is 18.4. The Labute approximate surface area is 148 Å². The summed E-state index contributed by atoms with van der Waals surface area (Å²) in [5, 5.41) is 5.38. The maximum atomic E-state index is 12.4. The predicted molar refractivity (Wildman–Crippen MR) is 93.9 cm³/mol. The van der Waals surface area contributed by atoms with Crippen molar-refractivity contribution in [2.75, 3.05) is 18.1 Å². The van der Waals surface area contributed by atoms with Gasteiger partial charge >= 0.3 is 0 Å². The van der Waals surface area contributed by atoms with Crippen LogP contribution < -0.4 is 15.4 Å². The highest BCUT2D eigenvalue weighted by molar-refractivity contribution is 7.91. The summed E-state index contributed by atoms with van der Waals surface area (Å²) in [7, 11) is -3.07. The summed E-state index contributed by atoms with van der Waals surface area (Å²) in [6.45, 7) is 3.43. The lowest BCUT2D eigenvalue weighted by Gasteiger charge is -2.23. The standard InChI is InChI=1S/C17H24N2O5S/c1-12(2)16(17(21)18-13-8-9-25(22,23)11-13)19-15(20)10-24-14-6-4-3-5-7-14/h3-7,12-13,16H,8-11H2,1-2H3,(H,18,21)(H,19,20). The van der Waals surface area contributed by atoms with Gasteiger partial charge in [0.15, 0.2) is 16.4 Å². The van der Waals surface area contributed by atoms with Gasteiger partial charge < -0.3 is 15.4 Å². The van der Waals surface area contributed by atoms with Crippen molar-refractivity contribution in [2.24, 2.45) is 5.92 Å². The minimum absolute atomic E-state index is 0.0470. The minimum Gasteiger partial charge on any atom is -0.484 e. The minimum atomic E-state index is -3.07. The van der Waals surface area contributed by atoms with Gasteiger partial charge in [0, 0.05) is 6.04 Å². The fraction of sp³-hybridized carbons (Fsp3) is 0.529. The maximum Gasteiger partial charge on any atom is 0.258 e. The Bertz CT molecular complexity index is 703. The summed E-state index contributed by atoms with van der Waals surface area (Å²) in [5.41, 5.74) is 0. The third-order valence-electron chi connectivity index (χ3n) is 3.96. The van der Waals surface area contributed by atoms with Gasteiger partial charge in [-0.15, -0.1) is 0 Å². The number of para-hydroxylation sites is 1. The van der Waals surface area contributed by atoms with Gasteiger partial charge in [-0.25, -0.2) is 8.42 Å². The van der Waals surface area contributed by atoms with Crippen LogP contribution in [0.5, 0.6) is 5.75 Å². The number of carbonyl (C=O) groups is 2. The smallest absolute Gasteiger partial charge is 0.258 e. The molecule has 0 spiro atoms. The first-order valence-electron chi connectivity index (χ1n) is 8.25. The van der Waals surface area contributed by atoms with Gasteiger partial charge in [-0.3, -0.25) is 9.59 Å². The normalized spacial score (nSPS) is 20.0. The number of carbonyl (C=O) groups excluding carboxylic acids is 2. The highest BCUT2D eigenvalue weighted by Gasteiger charge is 2.32. The van der Waals surface area contributed by atoms with Gasteiger partial charge in [-0.05, 0) is 24.5 Å². The zero-order valence-corrected chi connectivity index (χ0v) is 15.2. The molecule has 1 aromatic rings. The van der Waals surface area contributed by atoms with E-state index in [0.717, 1.165) is 0 Å². The average Bonchev–Trinajstić information content (AvgIpc) is 2.89. The molecule has 1 aromatic carbocycles. The molecule has 138 valence electrons. The SMILES string of the molecule is CC(C)C(NC(=O)COc1ccccc1)C(=O)NC1CCS(=O)(=O)C1. The summed E-state index contributed by atoms with van der Waals surface area (Å²) in [5.74, 6) is -0.309.